The summed E-state index contributed by atoms with van der Waals surface area (Å²) in [6.45, 7) is 3.91. The van der Waals surface area contributed by atoms with Crippen molar-refractivity contribution in [3.8, 4) is 11.5 Å². The van der Waals surface area contributed by atoms with E-state index in [0.717, 1.165) is 16.7 Å². The summed E-state index contributed by atoms with van der Waals surface area (Å²) in [5.74, 6) is -1.60. The maximum atomic E-state index is 12.4. The summed E-state index contributed by atoms with van der Waals surface area (Å²) in [4.78, 5) is 36.3. The normalized spacial score (nSPS) is 10.6. The van der Waals surface area contributed by atoms with Crippen LogP contribution < -0.4 is 25.5 Å². The maximum Gasteiger partial charge on any atom is 0.329 e. The number of aryl methyl sites for hydroxylation is 2. The molecule has 0 bridgehead atoms. The highest BCUT2D eigenvalue weighted by atomic mass is 35.5. The largest absolute Gasteiger partial charge is 0.493 e. The van der Waals surface area contributed by atoms with Gasteiger partial charge in [-0.15, -0.1) is 0 Å². The Labute approximate surface area is 226 Å². The van der Waals surface area contributed by atoms with Crippen LogP contribution in [0.1, 0.15) is 22.3 Å². The number of amides is 3. The van der Waals surface area contributed by atoms with Gasteiger partial charge in [-0.05, 0) is 55.2 Å². The van der Waals surface area contributed by atoms with Crippen molar-refractivity contribution in [3.63, 3.8) is 0 Å². The molecule has 10 heteroatoms. The summed E-state index contributed by atoms with van der Waals surface area (Å²) in [5, 5.41) is 9.33. The van der Waals surface area contributed by atoms with Crippen LogP contribution in [0.3, 0.4) is 0 Å². The number of carbonyl (C=O) groups is 3. The number of ether oxygens (including phenoxy) is 2. The minimum Gasteiger partial charge on any atom is -0.493 e. The highest BCUT2D eigenvalue weighted by Gasteiger charge is 2.15. The van der Waals surface area contributed by atoms with E-state index in [1.54, 1.807) is 6.07 Å². The zero-order chi connectivity index (χ0) is 27.5. The third-order valence-electron chi connectivity index (χ3n) is 5.38. The fourth-order valence-corrected chi connectivity index (χ4v) is 3.77. The van der Waals surface area contributed by atoms with E-state index in [0.29, 0.717) is 24.2 Å². The van der Waals surface area contributed by atoms with Gasteiger partial charge in [0.15, 0.2) is 18.1 Å². The van der Waals surface area contributed by atoms with Crippen molar-refractivity contribution in [2.45, 2.75) is 20.3 Å². The lowest BCUT2D eigenvalue weighted by Crippen LogP contribution is -2.38. The van der Waals surface area contributed by atoms with Crippen LogP contribution in [0.2, 0.25) is 5.02 Å². The van der Waals surface area contributed by atoms with Gasteiger partial charge >= 0.3 is 11.8 Å². The highest BCUT2D eigenvalue weighted by molar-refractivity contribution is 6.35. The number of hydrogen-bond donors (Lipinski definition) is 3. The topological polar surface area (TPSA) is 118 Å². The number of hydrazone groups is 1. The van der Waals surface area contributed by atoms with Gasteiger partial charge in [-0.2, -0.15) is 5.10 Å². The van der Waals surface area contributed by atoms with E-state index in [4.69, 9.17) is 21.1 Å². The van der Waals surface area contributed by atoms with Crippen LogP contribution in [0.5, 0.6) is 11.5 Å². The molecule has 0 fully saturated rings. The lowest BCUT2D eigenvalue weighted by Gasteiger charge is -2.14. The summed E-state index contributed by atoms with van der Waals surface area (Å²) in [6.07, 6.45) is 1.91. The van der Waals surface area contributed by atoms with E-state index in [2.05, 4.69) is 21.2 Å². The molecule has 0 heterocycles. The Bertz CT molecular complexity index is 1330. The third kappa shape index (κ3) is 8.35. The van der Waals surface area contributed by atoms with Crippen molar-refractivity contribution in [2.24, 2.45) is 5.10 Å². The Morgan fingerprint density at radius 1 is 1.00 bits per heavy atom. The van der Waals surface area contributed by atoms with Crippen LogP contribution >= 0.6 is 11.6 Å². The number of halogens is 1. The Balaban J connectivity index is 1.52. The van der Waals surface area contributed by atoms with Gasteiger partial charge in [-0.25, -0.2) is 5.43 Å². The number of anilines is 1. The second-order valence-electron chi connectivity index (χ2n) is 8.38. The van der Waals surface area contributed by atoms with Crippen LogP contribution in [-0.4, -0.2) is 44.2 Å². The summed E-state index contributed by atoms with van der Waals surface area (Å²) in [5.41, 5.74) is 6.43. The van der Waals surface area contributed by atoms with Crippen molar-refractivity contribution in [1.29, 1.82) is 0 Å². The summed E-state index contributed by atoms with van der Waals surface area (Å²) < 4.78 is 11.0. The quantitative estimate of drug-likeness (QED) is 0.207. The zero-order valence-electron chi connectivity index (χ0n) is 21.3. The smallest absolute Gasteiger partial charge is 0.329 e. The molecule has 198 valence electrons. The van der Waals surface area contributed by atoms with Crippen LogP contribution in [-0.2, 0) is 20.8 Å². The number of nitrogens with one attached hydrogen (secondary N) is 3. The molecule has 0 atom stereocenters. The van der Waals surface area contributed by atoms with Crippen molar-refractivity contribution in [1.82, 2.24) is 10.7 Å². The monoisotopic (exact) mass is 536 g/mol. The average molecular weight is 537 g/mol. The first-order chi connectivity index (χ1) is 18.3. The summed E-state index contributed by atoms with van der Waals surface area (Å²) >= 11 is 6.35. The van der Waals surface area contributed by atoms with Crippen LogP contribution in [0.25, 0.3) is 0 Å². The highest BCUT2D eigenvalue weighted by Crippen LogP contribution is 2.36. The molecule has 3 N–H and O–H groups in total. The molecular formula is C28H29ClN4O5. The Morgan fingerprint density at radius 3 is 2.47 bits per heavy atom. The number of rotatable bonds is 10. The average Bonchev–Trinajstić information content (AvgIpc) is 2.89. The van der Waals surface area contributed by atoms with Crippen molar-refractivity contribution < 1.29 is 23.9 Å². The Morgan fingerprint density at radius 2 is 1.76 bits per heavy atom. The van der Waals surface area contributed by atoms with E-state index in [1.807, 2.05) is 62.4 Å². The molecule has 0 saturated carbocycles. The Hall–Kier alpha value is -4.37. The van der Waals surface area contributed by atoms with Crippen molar-refractivity contribution in [3.05, 3.63) is 87.9 Å². The molecule has 0 saturated heterocycles. The van der Waals surface area contributed by atoms with Gasteiger partial charge in [0.05, 0.1) is 18.3 Å². The van der Waals surface area contributed by atoms with Crippen molar-refractivity contribution in [2.75, 3.05) is 25.6 Å². The molecule has 9 nitrogen and oxygen atoms in total. The molecule has 0 spiro atoms. The molecule has 3 aromatic rings. The zero-order valence-corrected chi connectivity index (χ0v) is 22.1. The first-order valence-electron chi connectivity index (χ1n) is 11.8. The minimum atomic E-state index is -0.901. The van der Waals surface area contributed by atoms with E-state index < -0.39 is 11.8 Å². The molecule has 0 unspecified atom stereocenters. The molecule has 0 aromatic heterocycles. The van der Waals surface area contributed by atoms with Gasteiger partial charge in [0, 0.05) is 12.2 Å². The van der Waals surface area contributed by atoms with Gasteiger partial charge in [0.2, 0.25) is 0 Å². The second-order valence-corrected chi connectivity index (χ2v) is 8.79. The molecular weight excluding hydrogens is 508 g/mol. The molecule has 0 aliphatic rings. The number of methoxy groups -OCH3 is 1. The van der Waals surface area contributed by atoms with Gasteiger partial charge in [0.25, 0.3) is 5.91 Å². The van der Waals surface area contributed by atoms with Crippen LogP contribution in [0, 0.1) is 13.8 Å². The van der Waals surface area contributed by atoms with E-state index >= 15 is 0 Å². The number of benzene rings is 3. The Kier molecular flexibility index (Phi) is 10.2. The molecule has 38 heavy (non-hydrogen) atoms. The summed E-state index contributed by atoms with van der Waals surface area (Å²) in [6, 6.07) is 18.4. The summed E-state index contributed by atoms with van der Waals surface area (Å²) in [7, 11) is 1.43. The fraction of sp³-hybridized carbons (Fsp3) is 0.214. The molecule has 0 aliphatic heterocycles. The van der Waals surface area contributed by atoms with Gasteiger partial charge < -0.3 is 20.1 Å². The molecule has 3 aromatic carbocycles. The van der Waals surface area contributed by atoms with Crippen molar-refractivity contribution >= 4 is 41.2 Å². The second kappa shape index (κ2) is 13.8. The first-order valence-corrected chi connectivity index (χ1v) is 12.2. The van der Waals surface area contributed by atoms with Gasteiger partial charge in [-0.3, -0.25) is 14.4 Å². The minimum absolute atomic E-state index is 0.176. The SMILES string of the molecule is COc1cc(/C=N\NC(=O)C(=O)NCCc2ccccc2)cc(Cl)c1OCC(=O)Nc1ccc(C)cc1C. The molecule has 3 amide bonds. The fourth-order valence-electron chi connectivity index (χ4n) is 3.49. The van der Waals surface area contributed by atoms with Crippen LogP contribution in [0.15, 0.2) is 65.8 Å². The van der Waals surface area contributed by atoms with E-state index in [-0.39, 0.29) is 29.0 Å². The maximum absolute atomic E-state index is 12.4. The number of carbonyl (C=O) groups excluding carboxylic acids is 3. The first kappa shape index (κ1) is 28.2. The molecule has 3 rings (SSSR count). The molecule has 0 aliphatic carbocycles. The predicted molar refractivity (Wildman–Crippen MR) is 147 cm³/mol. The predicted octanol–water partition coefficient (Wildman–Crippen LogP) is 3.79. The van der Waals surface area contributed by atoms with Gasteiger partial charge in [-0.1, -0.05) is 59.6 Å². The lowest BCUT2D eigenvalue weighted by molar-refractivity contribution is -0.139. The lowest BCUT2D eigenvalue weighted by atomic mass is 10.1. The van der Waals surface area contributed by atoms with Crippen LogP contribution in [0.4, 0.5) is 5.69 Å². The van der Waals surface area contributed by atoms with Gasteiger partial charge in [0.1, 0.15) is 0 Å². The van der Waals surface area contributed by atoms with E-state index in [9.17, 15) is 14.4 Å². The number of hydrogen-bond acceptors (Lipinski definition) is 6. The standard InChI is InChI=1S/C28H29ClN4O5/c1-18-9-10-23(19(2)13-18)32-25(34)17-38-26-22(29)14-21(15-24(26)37-3)16-31-33-28(36)27(35)30-12-11-20-7-5-4-6-8-20/h4-10,13-16H,11-12,17H2,1-3H3,(H,30,35)(H,32,34)(H,33,36)/b31-16-. The number of nitrogens with zero attached hydrogens (tertiary/aromatic N) is 1. The third-order valence-corrected chi connectivity index (χ3v) is 5.66. The molecule has 0 radical (unpaired) electrons. The van der Waals surface area contributed by atoms with E-state index in [1.165, 1.54) is 19.4 Å².